The average molecular weight is 340 g/mol. The lowest BCUT2D eigenvalue weighted by Gasteiger charge is -2.41. The fourth-order valence-electron chi connectivity index (χ4n) is 3.23. The molecule has 2 amide bonds. The lowest BCUT2D eigenvalue weighted by Crippen LogP contribution is -2.52. The van der Waals surface area contributed by atoms with E-state index in [4.69, 9.17) is 0 Å². The monoisotopic (exact) mass is 340 g/mol. The molecule has 0 spiro atoms. The zero-order chi connectivity index (χ0) is 17.8. The van der Waals surface area contributed by atoms with E-state index in [0.717, 1.165) is 5.56 Å². The summed E-state index contributed by atoms with van der Waals surface area (Å²) in [6.45, 7) is 2.95. The van der Waals surface area contributed by atoms with Crippen molar-refractivity contribution in [1.82, 2.24) is 9.80 Å². The van der Waals surface area contributed by atoms with Gasteiger partial charge in [-0.15, -0.1) is 0 Å². The normalized spacial score (nSPS) is 17.4. The third-order valence-corrected chi connectivity index (χ3v) is 4.63. The summed E-state index contributed by atoms with van der Waals surface area (Å²) in [5.41, 5.74) is 1.38. The largest absolute Gasteiger partial charge is 0.339 e. The van der Waals surface area contributed by atoms with E-state index in [1.165, 1.54) is 6.07 Å². The van der Waals surface area contributed by atoms with E-state index in [0.29, 0.717) is 25.2 Å². The van der Waals surface area contributed by atoms with Gasteiger partial charge in [0.15, 0.2) is 0 Å². The van der Waals surface area contributed by atoms with Gasteiger partial charge in [-0.2, -0.15) is 0 Å². The summed E-state index contributed by atoms with van der Waals surface area (Å²) in [5, 5.41) is 0. The summed E-state index contributed by atoms with van der Waals surface area (Å²) in [5.74, 6) is -0.487. The van der Waals surface area contributed by atoms with Crippen LogP contribution in [0.25, 0.3) is 0 Å². The third-order valence-electron chi connectivity index (χ3n) is 4.63. The van der Waals surface area contributed by atoms with Crippen LogP contribution in [-0.4, -0.2) is 41.2 Å². The summed E-state index contributed by atoms with van der Waals surface area (Å²) in [4.78, 5) is 28.1. The van der Waals surface area contributed by atoms with Gasteiger partial charge in [-0.25, -0.2) is 4.39 Å². The molecule has 1 saturated heterocycles. The Morgan fingerprint density at radius 2 is 1.72 bits per heavy atom. The minimum atomic E-state index is -0.366. The van der Waals surface area contributed by atoms with Crippen LogP contribution < -0.4 is 0 Å². The number of hydrogen-bond acceptors (Lipinski definition) is 2. The lowest BCUT2D eigenvalue weighted by molar-refractivity contribution is -0.141. The first-order chi connectivity index (χ1) is 12.1. The van der Waals surface area contributed by atoms with E-state index in [9.17, 15) is 14.0 Å². The van der Waals surface area contributed by atoms with Crippen LogP contribution in [0.15, 0.2) is 54.6 Å². The van der Waals surface area contributed by atoms with E-state index < -0.39 is 0 Å². The zero-order valence-corrected chi connectivity index (χ0v) is 14.2. The van der Waals surface area contributed by atoms with Gasteiger partial charge in [-0.3, -0.25) is 9.59 Å². The molecule has 1 aliphatic heterocycles. The maximum Gasteiger partial charge on any atom is 0.227 e. The fraction of sp³-hybridized carbons (Fsp3) is 0.300. The highest BCUT2D eigenvalue weighted by atomic mass is 19.1. The van der Waals surface area contributed by atoms with Crippen molar-refractivity contribution in [2.45, 2.75) is 19.4 Å². The molecule has 1 fully saturated rings. The van der Waals surface area contributed by atoms with Crippen molar-refractivity contribution in [3.8, 4) is 0 Å². The smallest absolute Gasteiger partial charge is 0.227 e. The molecule has 2 aromatic carbocycles. The van der Waals surface area contributed by atoms with Crippen LogP contribution >= 0.6 is 0 Å². The molecular formula is C20H21FN2O2. The summed E-state index contributed by atoms with van der Waals surface area (Å²) in [6.07, 6.45) is 0.0239. The highest BCUT2D eigenvalue weighted by molar-refractivity contribution is 5.80. The molecule has 25 heavy (non-hydrogen) atoms. The lowest BCUT2D eigenvalue weighted by atomic mass is 10.0. The molecule has 5 heteroatoms. The number of nitrogens with zero attached hydrogens (tertiary/aromatic N) is 2. The van der Waals surface area contributed by atoms with Crippen molar-refractivity contribution in [3.63, 3.8) is 0 Å². The van der Waals surface area contributed by atoms with Crippen LogP contribution in [0.1, 0.15) is 24.1 Å². The van der Waals surface area contributed by atoms with Gasteiger partial charge >= 0.3 is 0 Å². The van der Waals surface area contributed by atoms with Crippen LogP contribution in [0.2, 0.25) is 0 Å². The minimum Gasteiger partial charge on any atom is -0.339 e. The van der Waals surface area contributed by atoms with Crippen LogP contribution in [0.5, 0.6) is 0 Å². The molecule has 1 heterocycles. The molecule has 1 aliphatic rings. The first-order valence-corrected chi connectivity index (χ1v) is 8.39. The summed E-state index contributed by atoms with van der Waals surface area (Å²) in [7, 11) is 0. The van der Waals surface area contributed by atoms with Crippen molar-refractivity contribution in [3.05, 3.63) is 71.5 Å². The number of benzene rings is 2. The van der Waals surface area contributed by atoms with E-state index in [2.05, 4.69) is 0 Å². The van der Waals surface area contributed by atoms with Gasteiger partial charge in [0, 0.05) is 26.6 Å². The van der Waals surface area contributed by atoms with Crippen LogP contribution in [0.4, 0.5) is 4.39 Å². The molecule has 2 aromatic rings. The topological polar surface area (TPSA) is 40.6 Å². The van der Waals surface area contributed by atoms with E-state index >= 15 is 0 Å². The Bertz CT molecular complexity index is 763. The van der Waals surface area contributed by atoms with Crippen LogP contribution in [-0.2, 0) is 16.0 Å². The van der Waals surface area contributed by atoms with Crippen molar-refractivity contribution in [2.24, 2.45) is 0 Å². The molecule has 0 saturated carbocycles. The molecule has 0 aromatic heterocycles. The molecule has 0 aliphatic carbocycles. The quantitative estimate of drug-likeness (QED) is 0.862. The maximum atomic E-state index is 13.9. The van der Waals surface area contributed by atoms with E-state index in [-0.39, 0.29) is 30.1 Å². The Labute approximate surface area is 146 Å². The molecule has 130 valence electrons. The number of carbonyl (C=O) groups excluding carboxylic acids is 2. The van der Waals surface area contributed by atoms with Crippen molar-refractivity contribution in [2.75, 3.05) is 19.6 Å². The Kier molecular flexibility index (Phi) is 5.12. The number of halogens is 1. The zero-order valence-electron chi connectivity index (χ0n) is 14.2. The number of hydrogen-bond donors (Lipinski definition) is 0. The Morgan fingerprint density at radius 1 is 1.04 bits per heavy atom. The van der Waals surface area contributed by atoms with Gasteiger partial charge in [-0.05, 0) is 17.2 Å². The highest BCUT2D eigenvalue weighted by Crippen LogP contribution is 2.26. The fourth-order valence-corrected chi connectivity index (χ4v) is 3.23. The molecule has 3 rings (SSSR count). The van der Waals surface area contributed by atoms with Gasteiger partial charge < -0.3 is 9.80 Å². The van der Waals surface area contributed by atoms with Crippen molar-refractivity contribution in [1.29, 1.82) is 0 Å². The average Bonchev–Trinajstić information content (AvgIpc) is 2.63. The summed E-state index contributed by atoms with van der Waals surface area (Å²) < 4.78 is 13.9. The molecule has 0 radical (unpaired) electrons. The summed E-state index contributed by atoms with van der Waals surface area (Å²) in [6, 6.07) is 15.8. The summed E-state index contributed by atoms with van der Waals surface area (Å²) >= 11 is 0. The number of amides is 2. The highest BCUT2D eigenvalue weighted by Gasteiger charge is 2.32. The van der Waals surface area contributed by atoms with Gasteiger partial charge in [0.1, 0.15) is 5.82 Å². The molecule has 1 atom stereocenters. The SMILES string of the molecule is CC(=O)N1CCN(C(=O)Cc2ccccc2F)C(c2ccccc2)C1. The Morgan fingerprint density at radius 3 is 2.40 bits per heavy atom. The van der Waals surface area contributed by atoms with Gasteiger partial charge in [0.05, 0.1) is 12.5 Å². The van der Waals surface area contributed by atoms with E-state index in [1.54, 1.807) is 34.9 Å². The number of rotatable bonds is 3. The van der Waals surface area contributed by atoms with Gasteiger partial charge in [0.25, 0.3) is 0 Å². The standard InChI is InChI=1S/C20H21FN2O2/c1-15(24)22-11-12-23(19(14-22)16-7-3-2-4-8-16)20(25)13-17-9-5-6-10-18(17)21/h2-10,19H,11-14H2,1H3. The maximum absolute atomic E-state index is 13.9. The van der Waals surface area contributed by atoms with Crippen LogP contribution in [0.3, 0.4) is 0 Å². The first kappa shape index (κ1) is 17.1. The molecule has 0 N–H and O–H groups in total. The molecule has 4 nitrogen and oxygen atoms in total. The Balaban J connectivity index is 1.83. The predicted octanol–water partition coefficient (Wildman–Crippen LogP) is 2.80. The second kappa shape index (κ2) is 7.47. The minimum absolute atomic E-state index is 0.00198. The Hall–Kier alpha value is -2.69. The van der Waals surface area contributed by atoms with Crippen LogP contribution in [0, 0.1) is 5.82 Å². The van der Waals surface area contributed by atoms with Gasteiger partial charge in [-0.1, -0.05) is 48.5 Å². The first-order valence-electron chi connectivity index (χ1n) is 8.39. The van der Waals surface area contributed by atoms with E-state index in [1.807, 2.05) is 30.3 Å². The number of carbonyl (C=O) groups is 2. The number of piperazine rings is 1. The second-order valence-electron chi connectivity index (χ2n) is 6.25. The molecule has 1 unspecified atom stereocenters. The predicted molar refractivity (Wildman–Crippen MR) is 93.3 cm³/mol. The molecular weight excluding hydrogens is 319 g/mol. The van der Waals surface area contributed by atoms with Gasteiger partial charge in [0.2, 0.25) is 11.8 Å². The second-order valence-corrected chi connectivity index (χ2v) is 6.25. The van der Waals surface area contributed by atoms with Crippen molar-refractivity contribution < 1.29 is 14.0 Å². The van der Waals surface area contributed by atoms with Crippen molar-refractivity contribution >= 4 is 11.8 Å². The third kappa shape index (κ3) is 3.87. The molecule has 0 bridgehead atoms.